The highest BCUT2D eigenvalue weighted by atomic mass is 32.2. The summed E-state index contributed by atoms with van der Waals surface area (Å²) in [5, 5.41) is 1.12. The fourth-order valence-corrected chi connectivity index (χ4v) is 0.990. The van der Waals surface area contributed by atoms with E-state index in [2.05, 4.69) is 18.2 Å². The van der Waals surface area contributed by atoms with E-state index < -0.39 is 0 Å². The van der Waals surface area contributed by atoms with Crippen LogP contribution < -0.4 is 0 Å². The molecule has 0 aliphatic rings. The van der Waals surface area contributed by atoms with Gasteiger partial charge in [-0.05, 0) is 6.26 Å². The molecule has 0 bridgehead atoms. The van der Waals surface area contributed by atoms with Crippen LogP contribution in [0.25, 0.3) is 0 Å². The van der Waals surface area contributed by atoms with Gasteiger partial charge in [-0.2, -0.15) is 0 Å². The van der Waals surface area contributed by atoms with Crippen LogP contribution in [0.4, 0.5) is 0 Å². The predicted molar refractivity (Wildman–Crippen MR) is 50.8 cm³/mol. The van der Waals surface area contributed by atoms with Crippen LogP contribution in [0.3, 0.4) is 0 Å². The molecule has 0 N–H and O–H groups in total. The van der Waals surface area contributed by atoms with Gasteiger partial charge >= 0.3 is 0 Å². The highest BCUT2D eigenvalue weighted by Gasteiger charge is 1.89. The summed E-state index contributed by atoms with van der Waals surface area (Å²) in [6.45, 7) is 7.93. The van der Waals surface area contributed by atoms with Crippen molar-refractivity contribution < 1.29 is 0 Å². The lowest BCUT2D eigenvalue weighted by atomic mass is 10.4. The first-order chi connectivity index (χ1) is 4.85. The quantitative estimate of drug-likeness (QED) is 0.345. The second kappa shape index (κ2) is 6.62. The van der Waals surface area contributed by atoms with Crippen molar-refractivity contribution in [2.24, 2.45) is 4.99 Å². The Hall–Kier alpha value is -0.500. The monoisotopic (exact) mass is 155 g/mol. The summed E-state index contributed by atoms with van der Waals surface area (Å²) in [6, 6.07) is 0. The van der Waals surface area contributed by atoms with E-state index in [-0.39, 0.29) is 0 Å². The number of rotatable bonds is 4. The molecule has 56 valence electrons. The fraction of sp³-hybridized carbons (Fsp3) is 0.375. The lowest BCUT2D eigenvalue weighted by molar-refractivity contribution is 1.24. The highest BCUT2D eigenvalue weighted by molar-refractivity contribution is 8.13. The minimum absolute atomic E-state index is 0.712. The summed E-state index contributed by atoms with van der Waals surface area (Å²) in [7, 11) is 0. The molecule has 0 spiro atoms. The van der Waals surface area contributed by atoms with Gasteiger partial charge in [-0.1, -0.05) is 12.2 Å². The van der Waals surface area contributed by atoms with Crippen LogP contribution in [0.1, 0.15) is 6.42 Å². The van der Waals surface area contributed by atoms with Gasteiger partial charge in [-0.25, -0.2) is 0 Å². The molecular weight excluding hydrogens is 142 g/mol. The molecule has 10 heavy (non-hydrogen) atoms. The van der Waals surface area contributed by atoms with E-state index in [1.807, 2.05) is 12.3 Å². The number of thioether (sulfide) groups is 1. The number of nitrogens with zero attached hydrogens (tertiary/aromatic N) is 1. The van der Waals surface area contributed by atoms with Gasteiger partial charge in [0.25, 0.3) is 0 Å². The van der Waals surface area contributed by atoms with Crippen molar-refractivity contribution in [1.82, 2.24) is 0 Å². The van der Waals surface area contributed by atoms with Crippen molar-refractivity contribution in [3.63, 3.8) is 0 Å². The Morgan fingerprint density at radius 3 is 2.60 bits per heavy atom. The van der Waals surface area contributed by atoms with E-state index >= 15 is 0 Å². The molecule has 0 aromatic heterocycles. The van der Waals surface area contributed by atoms with Crippen LogP contribution in [-0.2, 0) is 0 Å². The van der Waals surface area contributed by atoms with Gasteiger partial charge in [-0.15, -0.1) is 24.9 Å². The first kappa shape index (κ1) is 9.50. The third kappa shape index (κ3) is 4.39. The van der Waals surface area contributed by atoms with Crippen LogP contribution >= 0.6 is 11.8 Å². The van der Waals surface area contributed by atoms with Crippen molar-refractivity contribution in [2.75, 3.05) is 12.8 Å². The standard InChI is InChI=1S/C8H13NS/c1-4-6-8(10-3)9-7-5-2/h4-5H,1-2,6-7H2,3H3. The summed E-state index contributed by atoms with van der Waals surface area (Å²) in [4.78, 5) is 4.24. The maximum atomic E-state index is 4.24. The Kier molecular flexibility index (Phi) is 6.29. The van der Waals surface area contributed by atoms with Crippen LogP contribution in [0, 0.1) is 0 Å². The molecule has 0 atom stereocenters. The smallest absolute Gasteiger partial charge is 0.0714 e. The first-order valence-electron chi connectivity index (χ1n) is 3.14. The third-order valence-electron chi connectivity index (χ3n) is 0.951. The van der Waals surface area contributed by atoms with Gasteiger partial charge in [0.15, 0.2) is 0 Å². The molecule has 0 saturated heterocycles. The molecule has 0 radical (unpaired) electrons. The summed E-state index contributed by atoms with van der Waals surface area (Å²) in [6.07, 6.45) is 6.54. The Balaban J connectivity index is 3.76. The molecule has 0 aliphatic carbocycles. The van der Waals surface area contributed by atoms with Gasteiger partial charge in [0.1, 0.15) is 0 Å². The topological polar surface area (TPSA) is 12.4 Å². The normalized spacial score (nSPS) is 11.1. The molecular formula is C8H13NS. The summed E-state index contributed by atoms with van der Waals surface area (Å²) < 4.78 is 0. The number of hydrogen-bond acceptors (Lipinski definition) is 2. The first-order valence-corrected chi connectivity index (χ1v) is 4.36. The van der Waals surface area contributed by atoms with Gasteiger partial charge in [0, 0.05) is 6.42 Å². The van der Waals surface area contributed by atoms with Crippen LogP contribution in [0.5, 0.6) is 0 Å². The molecule has 1 nitrogen and oxygen atoms in total. The fourth-order valence-electron chi connectivity index (χ4n) is 0.502. The third-order valence-corrected chi connectivity index (χ3v) is 1.72. The second-order valence-electron chi connectivity index (χ2n) is 1.72. The zero-order valence-electron chi connectivity index (χ0n) is 6.34. The molecule has 0 amide bonds. The maximum Gasteiger partial charge on any atom is 0.0714 e. The van der Waals surface area contributed by atoms with Crippen molar-refractivity contribution in [1.29, 1.82) is 0 Å². The average Bonchev–Trinajstić information content (AvgIpc) is 1.98. The maximum absolute atomic E-state index is 4.24. The van der Waals surface area contributed by atoms with Crippen molar-refractivity contribution in [3.8, 4) is 0 Å². The van der Waals surface area contributed by atoms with E-state index in [1.165, 1.54) is 0 Å². The van der Waals surface area contributed by atoms with E-state index in [0.717, 1.165) is 11.5 Å². The van der Waals surface area contributed by atoms with Crippen LogP contribution in [0.2, 0.25) is 0 Å². The van der Waals surface area contributed by atoms with E-state index in [9.17, 15) is 0 Å². The van der Waals surface area contributed by atoms with Crippen molar-refractivity contribution >= 4 is 16.8 Å². The van der Waals surface area contributed by atoms with Gasteiger partial charge < -0.3 is 0 Å². The van der Waals surface area contributed by atoms with Gasteiger partial charge in [-0.3, -0.25) is 4.99 Å². The number of aliphatic imine (C=N–C) groups is 1. The van der Waals surface area contributed by atoms with Gasteiger partial charge in [0.05, 0.1) is 11.6 Å². The molecule has 0 heterocycles. The Morgan fingerprint density at radius 1 is 1.50 bits per heavy atom. The summed E-state index contributed by atoms with van der Waals surface area (Å²) in [5.41, 5.74) is 0. The minimum atomic E-state index is 0.712. The second-order valence-corrected chi connectivity index (χ2v) is 2.60. The molecule has 0 aliphatic heterocycles. The molecule has 0 aromatic carbocycles. The SMILES string of the molecule is C=CCN=C(CC=C)SC. The van der Waals surface area contributed by atoms with Gasteiger partial charge in [0.2, 0.25) is 0 Å². The Bertz CT molecular complexity index is 138. The largest absolute Gasteiger partial charge is 0.278 e. The molecule has 2 heteroatoms. The Morgan fingerprint density at radius 2 is 2.20 bits per heavy atom. The minimum Gasteiger partial charge on any atom is -0.278 e. The van der Waals surface area contributed by atoms with Crippen molar-refractivity contribution in [2.45, 2.75) is 6.42 Å². The zero-order chi connectivity index (χ0) is 7.82. The zero-order valence-corrected chi connectivity index (χ0v) is 7.16. The molecule has 0 fully saturated rings. The van der Waals surface area contributed by atoms with E-state index in [4.69, 9.17) is 0 Å². The summed E-state index contributed by atoms with van der Waals surface area (Å²) >= 11 is 1.67. The molecule has 0 aromatic rings. The highest BCUT2D eigenvalue weighted by Crippen LogP contribution is 2.02. The van der Waals surface area contributed by atoms with E-state index in [1.54, 1.807) is 17.8 Å². The summed E-state index contributed by atoms with van der Waals surface area (Å²) in [5.74, 6) is 0. The molecule has 0 saturated carbocycles. The van der Waals surface area contributed by atoms with E-state index in [0.29, 0.717) is 6.54 Å². The molecule has 0 rings (SSSR count). The predicted octanol–water partition coefficient (Wildman–Crippen LogP) is 2.51. The molecule has 0 unspecified atom stereocenters. The van der Waals surface area contributed by atoms with Crippen LogP contribution in [-0.4, -0.2) is 17.8 Å². The average molecular weight is 155 g/mol. The van der Waals surface area contributed by atoms with Crippen LogP contribution in [0.15, 0.2) is 30.3 Å². The number of hydrogen-bond donors (Lipinski definition) is 0. The van der Waals surface area contributed by atoms with Crippen molar-refractivity contribution in [3.05, 3.63) is 25.3 Å². The number of allylic oxidation sites excluding steroid dienone is 1. The Labute approximate surface area is 66.9 Å². The lowest BCUT2D eigenvalue weighted by Gasteiger charge is -1.95. The lowest BCUT2D eigenvalue weighted by Crippen LogP contribution is -1.89.